The lowest BCUT2D eigenvalue weighted by Gasteiger charge is -2.12. The Bertz CT molecular complexity index is 803. The van der Waals surface area contributed by atoms with Crippen molar-refractivity contribution in [2.75, 3.05) is 19.4 Å². The molecule has 0 aromatic heterocycles. The summed E-state index contributed by atoms with van der Waals surface area (Å²) in [5, 5.41) is 5.97. The van der Waals surface area contributed by atoms with E-state index in [1.54, 1.807) is 36.4 Å². The van der Waals surface area contributed by atoms with Crippen molar-refractivity contribution in [1.82, 2.24) is 9.62 Å². The molecule has 0 fully saturated rings. The molecule has 2 aromatic carbocycles. The Morgan fingerprint density at radius 2 is 1.62 bits per heavy atom. The number of sulfonamides is 1. The zero-order valence-electron chi connectivity index (χ0n) is 13.3. The van der Waals surface area contributed by atoms with Crippen LogP contribution < -0.4 is 10.6 Å². The number of halogens is 1. The molecule has 6 nitrogen and oxygen atoms in total. The molecule has 2 aromatic rings. The molecule has 0 unspecified atom stereocenters. The number of rotatable bonds is 5. The molecule has 0 saturated carbocycles. The Morgan fingerprint density at radius 3 is 2.17 bits per heavy atom. The molecule has 0 radical (unpaired) electrons. The number of benzene rings is 2. The molecule has 2 rings (SSSR count). The summed E-state index contributed by atoms with van der Waals surface area (Å²) in [5.74, 6) is 0. The summed E-state index contributed by atoms with van der Waals surface area (Å²) in [6.07, 6.45) is 0. The summed E-state index contributed by atoms with van der Waals surface area (Å²) in [5.41, 5.74) is 1.42. The highest BCUT2D eigenvalue weighted by atomic mass is 35.5. The fraction of sp³-hybridized carbons (Fsp3) is 0.188. The molecule has 0 aliphatic heterocycles. The molecule has 2 amide bonds. The van der Waals surface area contributed by atoms with Gasteiger partial charge in [0.15, 0.2) is 0 Å². The first-order valence-electron chi connectivity index (χ1n) is 7.11. The lowest BCUT2D eigenvalue weighted by atomic mass is 10.2. The van der Waals surface area contributed by atoms with E-state index in [2.05, 4.69) is 10.6 Å². The van der Waals surface area contributed by atoms with Crippen LogP contribution in [0.3, 0.4) is 0 Å². The van der Waals surface area contributed by atoms with Gasteiger partial charge >= 0.3 is 6.03 Å². The number of carbonyl (C=O) groups excluding carboxylic acids is 1. The van der Waals surface area contributed by atoms with Gasteiger partial charge in [-0.1, -0.05) is 23.7 Å². The normalized spacial score (nSPS) is 11.3. The second-order valence-corrected chi connectivity index (χ2v) is 7.83. The number of nitrogens with zero attached hydrogens (tertiary/aromatic N) is 1. The van der Waals surface area contributed by atoms with Crippen LogP contribution in [0.15, 0.2) is 53.4 Å². The van der Waals surface area contributed by atoms with E-state index in [-0.39, 0.29) is 17.5 Å². The van der Waals surface area contributed by atoms with Crippen molar-refractivity contribution in [3.8, 4) is 0 Å². The molecule has 128 valence electrons. The predicted octanol–water partition coefficient (Wildman–Crippen LogP) is 2.91. The molecule has 2 N–H and O–H groups in total. The Kier molecular flexibility index (Phi) is 5.82. The lowest BCUT2D eigenvalue weighted by molar-refractivity contribution is 0.251. The van der Waals surface area contributed by atoms with Gasteiger partial charge in [0.1, 0.15) is 0 Å². The Balaban J connectivity index is 1.92. The van der Waals surface area contributed by atoms with E-state index in [0.29, 0.717) is 10.7 Å². The summed E-state index contributed by atoms with van der Waals surface area (Å²) in [6, 6.07) is 12.8. The summed E-state index contributed by atoms with van der Waals surface area (Å²) in [7, 11) is -0.490. The second kappa shape index (κ2) is 7.65. The first-order valence-corrected chi connectivity index (χ1v) is 8.93. The molecule has 24 heavy (non-hydrogen) atoms. The lowest BCUT2D eigenvalue weighted by Crippen LogP contribution is -2.28. The maximum atomic E-state index is 12.0. The standard InChI is InChI=1S/C16H18ClN3O3S/c1-20(2)24(22,23)15-9-3-12(4-10-15)11-18-16(21)19-14-7-5-13(17)6-8-14/h3-10H,11H2,1-2H3,(H2,18,19,21). The minimum Gasteiger partial charge on any atom is -0.334 e. The minimum absolute atomic E-state index is 0.210. The van der Waals surface area contributed by atoms with Gasteiger partial charge in [-0.25, -0.2) is 17.5 Å². The first-order chi connectivity index (χ1) is 11.3. The van der Waals surface area contributed by atoms with Crippen LogP contribution in [0.25, 0.3) is 0 Å². The van der Waals surface area contributed by atoms with Crippen LogP contribution in [0, 0.1) is 0 Å². The van der Waals surface area contributed by atoms with Gasteiger partial charge in [0.25, 0.3) is 0 Å². The largest absolute Gasteiger partial charge is 0.334 e. The van der Waals surface area contributed by atoms with Gasteiger partial charge in [0.05, 0.1) is 4.90 Å². The number of urea groups is 1. The number of hydrogen-bond donors (Lipinski definition) is 2. The minimum atomic E-state index is -3.45. The molecule has 8 heteroatoms. The van der Waals surface area contributed by atoms with Crippen LogP contribution in [0.1, 0.15) is 5.56 Å². The summed E-state index contributed by atoms with van der Waals surface area (Å²) < 4.78 is 25.1. The zero-order chi connectivity index (χ0) is 17.7. The quantitative estimate of drug-likeness (QED) is 0.852. The molecule has 0 spiro atoms. The van der Waals surface area contributed by atoms with Gasteiger partial charge < -0.3 is 10.6 Å². The van der Waals surface area contributed by atoms with Crippen LogP contribution >= 0.6 is 11.6 Å². The number of anilines is 1. The van der Waals surface area contributed by atoms with E-state index >= 15 is 0 Å². The number of nitrogens with one attached hydrogen (secondary N) is 2. The highest BCUT2D eigenvalue weighted by Crippen LogP contribution is 2.15. The monoisotopic (exact) mass is 367 g/mol. The van der Waals surface area contributed by atoms with Crippen molar-refractivity contribution >= 4 is 33.3 Å². The van der Waals surface area contributed by atoms with Gasteiger partial charge in [0, 0.05) is 31.4 Å². The van der Waals surface area contributed by atoms with Gasteiger partial charge in [-0.05, 0) is 42.0 Å². The maximum Gasteiger partial charge on any atom is 0.319 e. The molecule has 0 heterocycles. The number of carbonyl (C=O) groups is 1. The number of hydrogen-bond acceptors (Lipinski definition) is 3. The van der Waals surface area contributed by atoms with Crippen molar-refractivity contribution in [2.24, 2.45) is 0 Å². The average Bonchev–Trinajstić information content (AvgIpc) is 2.55. The van der Waals surface area contributed by atoms with Crippen molar-refractivity contribution in [3.63, 3.8) is 0 Å². The molecule has 0 bridgehead atoms. The second-order valence-electron chi connectivity index (χ2n) is 5.25. The fourth-order valence-corrected chi connectivity index (χ4v) is 2.91. The first kappa shape index (κ1) is 18.3. The maximum absolute atomic E-state index is 12.0. The Morgan fingerprint density at radius 1 is 1.04 bits per heavy atom. The van der Waals surface area contributed by atoms with Crippen LogP contribution in [0.5, 0.6) is 0 Å². The SMILES string of the molecule is CN(C)S(=O)(=O)c1ccc(CNC(=O)Nc2ccc(Cl)cc2)cc1. The van der Waals surface area contributed by atoms with Crippen molar-refractivity contribution in [1.29, 1.82) is 0 Å². The molecule has 0 atom stereocenters. The molecular formula is C16H18ClN3O3S. The van der Waals surface area contributed by atoms with E-state index in [1.807, 2.05) is 0 Å². The van der Waals surface area contributed by atoms with E-state index in [1.165, 1.54) is 26.2 Å². The number of amides is 2. The molecule has 0 aliphatic carbocycles. The van der Waals surface area contributed by atoms with Gasteiger partial charge in [0.2, 0.25) is 10.0 Å². The van der Waals surface area contributed by atoms with E-state index in [9.17, 15) is 13.2 Å². The van der Waals surface area contributed by atoms with Crippen molar-refractivity contribution in [3.05, 3.63) is 59.1 Å². The van der Waals surface area contributed by atoms with Crippen molar-refractivity contribution < 1.29 is 13.2 Å². The summed E-state index contributed by atoms with van der Waals surface area (Å²) in [6.45, 7) is 0.279. The molecule has 0 saturated heterocycles. The third-order valence-corrected chi connectivity index (χ3v) is 5.34. The van der Waals surface area contributed by atoms with Gasteiger partial charge in [-0.3, -0.25) is 0 Å². The fourth-order valence-electron chi connectivity index (χ4n) is 1.88. The van der Waals surface area contributed by atoms with E-state index < -0.39 is 10.0 Å². The highest BCUT2D eigenvalue weighted by molar-refractivity contribution is 7.89. The topological polar surface area (TPSA) is 78.5 Å². The van der Waals surface area contributed by atoms with Crippen LogP contribution in [0.2, 0.25) is 5.02 Å². The average molecular weight is 368 g/mol. The molecule has 0 aliphatic rings. The summed E-state index contributed by atoms with van der Waals surface area (Å²) >= 11 is 5.78. The molecular weight excluding hydrogens is 350 g/mol. The highest BCUT2D eigenvalue weighted by Gasteiger charge is 2.16. The van der Waals surface area contributed by atoms with Gasteiger partial charge in [-0.15, -0.1) is 0 Å². The van der Waals surface area contributed by atoms with Gasteiger partial charge in [-0.2, -0.15) is 0 Å². The smallest absolute Gasteiger partial charge is 0.319 e. The third-order valence-electron chi connectivity index (χ3n) is 3.26. The van der Waals surface area contributed by atoms with E-state index in [0.717, 1.165) is 9.87 Å². The Hall–Kier alpha value is -2.09. The Labute approximate surface area is 146 Å². The van der Waals surface area contributed by atoms with Crippen LogP contribution in [-0.4, -0.2) is 32.8 Å². The summed E-state index contributed by atoms with van der Waals surface area (Å²) in [4.78, 5) is 12.0. The van der Waals surface area contributed by atoms with Crippen molar-refractivity contribution in [2.45, 2.75) is 11.4 Å². The van der Waals surface area contributed by atoms with Crippen LogP contribution in [-0.2, 0) is 16.6 Å². The van der Waals surface area contributed by atoms with E-state index in [4.69, 9.17) is 11.6 Å². The van der Waals surface area contributed by atoms with Crippen LogP contribution in [0.4, 0.5) is 10.5 Å². The zero-order valence-corrected chi connectivity index (χ0v) is 14.9. The predicted molar refractivity (Wildman–Crippen MR) is 94.6 cm³/mol. The third kappa shape index (κ3) is 4.70.